The number of ether oxygens (including phenoxy) is 1. The molecule has 0 aliphatic heterocycles. The van der Waals surface area contributed by atoms with Gasteiger partial charge in [0, 0.05) is 31.5 Å². The first-order chi connectivity index (χ1) is 18.8. The van der Waals surface area contributed by atoms with Crippen molar-refractivity contribution < 1.29 is 23.5 Å². The molecule has 200 valence electrons. The number of carbonyl (C=O) groups is 3. The van der Waals surface area contributed by atoms with Crippen LogP contribution in [0.2, 0.25) is 5.02 Å². The number of nitrogens with two attached hydrogens (primary N) is 1. The lowest BCUT2D eigenvalue weighted by atomic mass is 9.69. The molecule has 3 aromatic rings. The molecule has 2 fully saturated rings. The van der Waals surface area contributed by atoms with Gasteiger partial charge in [-0.1, -0.05) is 47.6 Å². The van der Waals surface area contributed by atoms with Gasteiger partial charge in [0.15, 0.2) is 11.6 Å². The van der Waals surface area contributed by atoms with Crippen molar-refractivity contribution in [1.82, 2.24) is 0 Å². The van der Waals surface area contributed by atoms with Gasteiger partial charge in [-0.25, -0.2) is 9.18 Å². The summed E-state index contributed by atoms with van der Waals surface area (Å²) in [7, 11) is 0. The molecule has 0 spiro atoms. The summed E-state index contributed by atoms with van der Waals surface area (Å²) in [4.78, 5) is 42.0. The van der Waals surface area contributed by atoms with Gasteiger partial charge in [-0.2, -0.15) is 0 Å². The van der Waals surface area contributed by atoms with Crippen LogP contribution in [0.1, 0.15) is 80.7 Å². The van der Waals surface area contributed by atoms with E-state index in [-0.39, 0.29) is 39.8 Å². The molecule has 0 radical (unpaired) electrons. The minimum absolute atomic E-state index is 0.0367. The summed E-state index contributed by atoms with van der Waals surface area (Å²) in [5.74, 6) is -0.645. The van der Waals surface area contributed by atoms with Crippen LogP contribution in [0.4, 0.5) is 10.1 Å². The highest BCUT2D eigenvalue weighted by atomic mass is 35.5. The number of anilines is 1. The van der Waals surface area contributed by atoms with Crippen molar-refractivity contribution >= 4 is 46.6 Å². The number of alkyl halides is 1. The molecule has 0 amide bonds. The van der Waals surface area contributed by atoms with Crippen LogP contribution < -0.4 is 5.73 Å². The largest absolute Gasteiger partial charge is 0.459 e. The molecule has 0 bridgehead atoms. The third-order valence-corrected chi connectivity index (χ3v) is 9.54. The normalized spacial score (nSPS) is 23.9. The topological polar surface area (TPSA) is 86.5 Å². The molecule has 39 heavy (non-hydrogen) atoms. The highest BCUT2D eigenvalue weighted by Crippen LogP contribution is 2.44. The van der Waals surface area contributed by atoms with Gasteiger partial charge in [0.25, 0.3) is 0 Å². The van der Waals surface area contributed by atoms with Crippen LogP contribution in [0.3, 0.4) is 0 Å². The van der Waals surface area contributed by atoms with E-state index in [2.05, 4.69) is 0 Å². The summed E-state index contributed by atoms with van der Waals surface area (Å²) in [6.45, 7) is 0. The van der Waals surface area contributed by atoms with E-state index in [4.69, 9.17) is 22.1 Å². The number of halogens is 2. The van der Waals surface area contributed by atoms with E-state index in [1.165, 1.54) is 11.8 Å². The van der Waals surface area contributed by atoms with E-state index in [1.807, 2.05) is 0 Å². The maximum atomic E-state index is 13.9. The molecule has 0 heterocycles. The van der Waals surface area contributed by atoms with Crippen LogP contribution in [0.15, 0.2) is 64.4 Å². The van der Waals surface area contributed by atoms with E-state index in [0.717, 1.165) is 17.7 Å². The van der Waals surface area contributed by atoms with E-state index in [1.54, 1.807) is 54.6 Å². The van der Waals surface area contributed by atoms with Crippen LogP contribution >= 0.6 is 23.4 Å². The zero-order valence-corrected chi connectivity index (χ0v) is 22.7. The number of ketones is 2. The van der Waals surface area contributed by atoms with Gasteiger partial charge in [0.05, 0.1) is 16.8 Å². The predicted octanol–water partition coefficient (Wildman–Crippen LogP) is 7.31. The molecule has 3 aliphatic rings. The minimum Gasteiger partial charge on any atom is -0.459 e. The number of hydrogen-bond acceptors (Lipinski definition) is 6. The molecule has 0 saturated heterocycles. The maximum absolute atomic E-state index is 13.9. The standard InChI is InChI=1S/C31H27ClFNO4S/c32-18-7-11-21(12-8-18)39-25-15-24(31(37)38-20-10-6-16-13-19(33)9-5-17(16)14-20)28(34)27-26(25)29(35)22-3-1-2-4-23(22)30(27)36/h1-4,7-8,11-12,15-17,19-20H,5-6,9-10,13-14,34H2. The van der Waals surface area contributed by atoms with Gasteiger partial charge in [-0.05, 0) is 80.7 Å². The summed E-state index contributed by atoms with van der Waals surface area (Å²) in [5.41, 5.74) is 7.30. The average Bonchev–Trinajstić information content (AvgIpc) is 2.93. The van der Waals surface area contributed by atoms with Crippen LogP contribution in [-0.4, -0.2) is 29.8 Å². The number of hydrogen-bond donors (Lipinski definition) is 1. The Labute approximate surface area is 235 Å². The second-order valence-corrected chi connectivity index (χ2v) is 12.2. The van der Waals surface area contributed by atoms with E-state index >= 15 is 0 Å². The molecule has 3 aliphatic carbocycles. The summed E-state index contributed by atoms with van der Waals surface area (Å²) in [6, 6.07) is 15.3. The fourth-order valence-electron chi connectivity index (χ4n) is 6.27. The molecule has 6 rings (SSSR count). The number of benzene rings is 3. The fourth-order valence-corrected chi connectivity index (χ4v) is 7.40. The lowest BCUT2D eigenvalue weighted by Gasteiger charge is -2.40. The number of carbonyl (C=O) groups excluding carboxylic acids is 3. The van der Waals surface area contributed by atoms with E-state index in [0.29, 0.717) is 53.0 Å². The molecule has 4 atom stereocenters. The van der Waals surface area contributed by atoms with Crippen LogP contribution in [0.25, 0.3) is 0 Å². The Balaban J connectivity index is 1.36. The summed E-state index contributed by atoms with van der Waals surface area (Å²) in [5, 5.41) is 0.567. The van der Waals surface area contributed by atoms with Crippen molar-refractivity contribution in [2.75, 3.05) is 5.73 Å². The minimum atomic E-state index is -0.734. The molecule has 5 nitrogen and oxygen atoms in total. The Morgan fingerprint density at radius 1 is 0.897 bits per heavy atom. The molecule has 0 aromatic heterocycles. The second-order valence-electron chi connectivity index (χ2n) is 10.6. The number of nitrogen functional groups attached to an aromatic ring is 1. The average molecular weight is 564 g/mol. The SMILES string of the molecule is Nc1c(C(=O)OC2CCC3CC(F)CCC3C2)cc(Sc2ccc(Cl)cc2)c2c1C(=O)c1ccccc1C2=O. The van der Waals surface area contributed by atoms with Crippen LogP contribution in [0.5, 0.6) is 0 Å². The molecule has 2 saturated carbocycles. The fraction of sp³-hybridized carbons (Fsp3) is 0.323. The number of rotatable bonds is 4. The van der Waals surface area contributed by atoms with Gasteiger partial charge >= 0.3 is 5.97 Å². The Morgan fingerprint density at radius 2 is 1.54 bits per heavy atom. The third kappa shape index (κ3) is 4.87. The second kappa shape index (κ2) is 10.4. The molecular formula is C31H27ClFNO4S. The Kier molecular flexibility index (Phi) is 6.98. The smallest absolute Gasteiger partial charge is 0.340 e. The lowest BCUT2D eigenvalue weighted by Crippen LogP contribution is -2.35. The first kappa shape index (κ1) is 26.1. The third-order valence-electron chi connectivity index (χ3n) is 8.24. The van der Waals surface area contributed by atoms with E-state index < -0.39 is 17.9 Å². The zero-order valence-electron chi connectivity index (χ0n) is 21.1. The van der Waals surface area contributed by atoms with Crippen molar-refractivity contribution in [3.05, 3.63) is 87.4 Å². The zero-order chi connectivity index (χ0) is 27.3. The van der Waals surface area contributed by atoms with Crippen molar-refractivity contribution in [3.63, 3.8) is 0 Å². The molecule has 2 N–H and O–H groups in total. The Morgan fingerprint density at radius 3 is 2.26 bits per heavy atom. The molecule has 3 aromatic carbocycles. The summed E-state index contributed by atoms with van der Waals surface area (Å²) >= 11 is 7.32. The van der Waals surface area contributed by atoms with Gasteiger partial charge in [-0.3, -0.25) is 9.59 Å². The monoisotopic (exact) mass is 563 g/mol. The lowest BCUT2D eigenvalue weighted by molar-refractivity contribution is -0.00817. The van der Waals surface area contributed by atoms with Crippen molar-refractivity contribution in [2.45, 2.75) is 60.6 Å². The van der Waals surface area contributed by atoms with Crippen LogP contribution in [0, 0.1) is 11.8 Å². The quantitative estimate of drug-likeness (QED) is 0.207. The molecule has 4 unspecified atom stereocenters. The van der Waals surface area contributed by atoms with Crippen molar-refractivity contribution in [2.24, 2.45) is 11.8 Å². The molecular weight excluding hydrogens is 537 g/mol. The highest BCUT2D eigenvalue weighted by molar-refractivity contribution is 7.99. The van der Waals surface area contributed by atoms with Crippen molar-refractivity contribution in [3.8, 4) is 0 Å². The highest BCUT2D eigenvalue weighted by Gasteiger charge is 2.39. The summed E-state index contributed by atoms with van der Waals surface area (Å²) < 4.78 is 19.8. The van der Waals surface area contributed by atoms with Gasteiger partial charge < -0.3 is 10.5 Å². The number of fused-ring (bicyclic) bond motifs is 3. The Bertz CT molecular complexity index is 1490. The van der Waals surface area contributed by atoms with Gasteiger partial charge in [-0.15, -0.1) is 0 Å². The Hall–Kier alpha value is -3.16. The summed E-state index contributed by atoms with van der Waals surface area (Å²) in [6.07, 6.45) is 3.11. The van der Waals surface area contributed by atoms with E-state index in [9.17, 15) is 18.8 Å². The van der Waals surface area contributed by atoms with Gasteiger partial charge in [0.1, 0.15) is 12.3 Å². The maximum Gasteiger partial charge on any atom is 0.340 e. The molecule has 8 heteroatoms. The number of esters is 1. The first-order valence-corrected chi connectivity index (χ1v) is 14.4. The van der Waals surface area contributed by atoms with Crippen LogP contribution in [-0.2, 0) is 4.74 Å². The van der Waals surface area contributed by atoms with Gasteiger partial charge in [0.2, 0.25) is 0 Å². The predicted molar refractivity (Wildman–Crippen MR) is 149 cm³/mol. The first-order valence-electron chi connectivity index (χ1n) is 13.2. The van der Waals surface area contributed by atoms with Crippen molar-refractivity contribution in [1.29, 1.82) is 0 Å².